The summed E-state index contributed by atoms with van der Waals surface area (Å²) in [4.78, 5) is 0. The smallest absolute Gasteiger partial charge is 0.171 e. The predicted octanol–water partition coefficient (Wildman–Crippen LogP) is 4.01. The lowest BCUT2D eigenvalue weighted by Crippen LogP contribution is -2.39. The summed E-state index contributed by atoms with van der Waals surface area (Å²) in [7, 11) is 1.62. The van der Waals surface area contributed by atoms with E-state index in [0.717, 1.165) is 11.4 Å². The quantitative estimate of drug-likeness (QED) is 0.512. The average Bonchev–Trinajstić information content (AvgIpc) is 2.65. The van der Waals surface area contributed by atoms with Crippen LogP contribution in [0.5, 0.6) is 17.2 Å². The minimum Gasteiger partial charge on any atom is -0.493 e. The molecule has 0 bridgehead atoms. The van der Waals surface area contributed by atoms with E-state index in [9.17, 15) is 0 Å². The van der Waals surface area contributed by atoms with Gasteiger partial charge in [0.1, 0.15) is 19.0 Å². The zero-order valence-corrected chi connectivity index (χ0v) is 15.8. The van der Waals surface area contributed by atoms with E-state index in [4.69, 9.17) is 26.4 Å². The number of nitrogens with one attached hydrogen (secondary N) is 2. The number of para-hydroxylation sites is 2. The van der Waals surface area contributed by atoms with Crippen molar-refractivity contribution in [3.05, 3.63) is 61.2 Å². The van der Waals surface area contributed by atoms with Crippen molar-refractivity contribution in [2.24, 2.45) is 0 Å². The molecule has 1 atom stereocenters. The van der Waals surface area contributed by atoms with E-state index < -0.39 is 0 Å². The van der Waals surface area contributed by atoms with Gasteiger partial charge in [0.15, 0.2) is 16.6 Å². The average molecular weight is 372 g/mol. The van der Waals surface area contributed by atoms with Gasteiger partial charge >= 0.3 is 0 Å². The lowest BCUT2D eigenvalue weighted by Gasteiger charge is -2.18. The minimum absolute atomic E-state index is 0.0140. The van der Waals surface area contributed by atoms with Crippen LogP contribution in [0.1, 0.15) is 6.92 Å². The Bertz CT molecular complexity index is 737. The maximum absolute atomic E-state index is 5.80. The Morgan fingerprint density at radius 1 is 1.15 bits per heavy atom. The highest BCUT2D eigenvalue weighted by atomic mass is 32.1. The fraction of sp³-hybridized carbons (Fsp3) is 0.250. The van der Waals surface area contributed by atoms with Crippen LogP contribution in [0.3, 0.4) is 0 Å². The first kappa shape index (κ1) is 19.6. The Labute approximate surface area is 160 Å². The van der Waals surface area contributed by atoms with Crippen LogP contribution in [0.25, 0.3) is 0 Å². The predicted molar refractivity (Wildman–Crippen MR) is 109 cm³/mol. The number of hydrogen-bond acceptors (Lipinski definition) is 4. The summed E-state index contributed by atoms with van der Waals surface area (Å²) in [5, 5.41) is 6.86. The molecule has 0 spiro atoms. The van der Waals surface area contributed by atoms with Gasteiger partial charge in [0.2, 0.25) is 0 Å². The van der Waals surface area contributed by atoms with Crippen molar-refractivity contribution in [3.8, 4) is 17.2 Å². The lowest BCUT2D eigenvalue weighted by molar-refractivity contribution is 0.270. The van der Waals surface area contributed by atoms with Crippen molar-refractivity contribution in [2.75, 3.05) is 25.6 Å². The van der Waals surface area contributed by atoms with Gasteiger partial charge in [-0.25, -0.2) is 0 Å². The number of benzene rings is 2. The minimum atomic E-state index is 0.0140. The van der Waals surface area contributed by atoms with Gasteiger partial charge in [-0.05, 0) is 43.4 Å². The third-order valence-electron chi connectivity index (χ3n) is 3.40. The van der Waals surface area contributed by atoms with Gasteiger partial charge in [-0.15, -0.1) is 0 Å². The molecule has 2 aromatic carbocycles. The van der Waals surface area contributed by atoms with Crippen molar-refractivity contribution in [1.82, 2.24) is 5.32 Å². The molecular weight excluding hydrogens is 348 g/mol. The summed E-state index contributed by atoms with van der Waals surface area (Å²) in [5.74, 6) is 2.16. The molecule has 0 unspecified atom stereocenters. The Balaban J connectivity index is 1.82. The van der Waals surface area contributed by atoms with Crippen LogP contribution in [0, 0.1) is 0 Å². The second-order valence-electron chi connectivity index (χ2n) is 5.59. The molecule has 0 aliphatic heterocycles. The van der Waals surface area contributed by atoms with Crippen molar-refractivity contribution in [2.45, 2.75) is 13.0 Å². The molecule has 2 N–H and O–H groups in total. The van der Waals surface area contributed by atoms with E-state index in [1.54, 1.807) is 13.2 Å². The number of rotatable bonds is 9. The van der Waals surface area contributed by atoms with Gasteiger partial charge in [0.05, 0.1) is 13.2 Å². The van der Waals surface area contributed by atoms with Crippen LogP contribution < -0.4 is 24.8 Å². The maximum atomic E-state index is 5.80. The molecule has 0 aliphatic rings. The normalized spacial score (nSPS) is 11.2. The highest BCUT2D eigenvalue weighted by Gasteiger charge is 2.08. The summed E-state index contributed by atoms with van der Waals surface area (Å²) >= 11 is 5.36. The molecular formula is C20H24N2O3S. The summed E-state index contributed by atoms with van der Waals surface area (Å²) in [6.45, 7) is 6.54. The standard InChI is InChI=1S/C20H24N2O3S/c1-4-12-24-17-9-7-8-16(13-17)22-20(26)21-15(2)14-25-19-11-6-5-10-18(19)23-3/h4-11,13,15H,1,12,14H2,2-3H3,(H2,21,22,26)/t15-/m0/s1. The van der Waals surface area contributed by atoms with Crippen molar-refractivity contribution in [1.29, 1.82) is 0 Å². The molecule has 6 heteroatoms. The molecule has 138 valence electrons. The second kappa shape index (κ2) is 10.3. The lowest BCUT2D eigenvalue weighted by atomic mass is 10.3. The van der Waals surface area contributed by atoms with E-state index in [0.29, 0.717) is 29.8 Å². The van der Waals surface area contributed by atoms with Gasteiger partial charge in [0.25, 0.3) is 0 Å². The SMILES string of the molecule is C=CCOc1cccc(NC(=S)N[C@@H](C)COc2ccccc2OC)c1. The van der Waals surface area contributed by atoms with E-state index in [1.165, 1.54) is 0 Å². The Morgan fingerprint density at radius 2 is 1.92 bits per heavy atom. The molecule has 5 nitrogen and oxygen atoms in total. The Morgan fingerprint density at radius 3 is 2.65 bits per heavy atom. The first-order chi connectivity index (χ1) is 12.6. The molecule has 0 aliphatic carbocycles. The van der Waals surface area contributed by atoms with E-state index in [2.05, 4.69) is 17.2 Å². The van der Waals surface area contributed by atoms with Gasteiger partial charge in [0, 0.05) is 11.8 Å². The molecule has 0 saturated heterocycles. The van der Waals surface area contributed by atoms with Crippen LogP contribution in [-0.4, -0.2) is 31.5 Å². The third kappa shape index (κ3) is 6.29. The number of ether oxygens (including phenoxy) is 3. The van der Waals surface area contributed by atoms with E-state index in [1.807, 2.05) is 55.5 Å². The fourth-order valence-corrected chi connectivity index (χ4v) is 2.52. The Hall–Kier alpha value is -2.73. The van der Waals surface area contributed by atoms with Crippen LogP contribution in [-0.2, 0) is 0 Å². The topological polar surface area (TPSA) is 51.8 Å². The van der Waals surface area contributed by atoms with Crippen molar-refractivity contribution < 1.29 is 14.2 Å². The third-order valence-corrected chi connectivity index (χ3v) is 3.62. The zero-order chi connectivity index (χ0) is 18.8. The molecule has 0 saturated carbocycles. The summed E-state index contributed by atoms with van der Waals surface area (Å²) in [6, 6.07) is 15.1. The maximum Gasteiger partial charge on any atom is 0.171 e. The number of anilines is 1. The van der Waals surface area contributed by atoms with Crippen LogP contribution in [0.15, 0.2) is 61.2 Å². The second-order valence-corrected chi connectivity index (χ2v) is 6.00. The number of hydrogen-bond donors (Lipinski definition) is 2. The van der Waals surface area contributed by atoms with Gasteiger partial charge < -0.3 is 24.8 Å². The molecule has 0 aromatic heterocycles. The van der Waals surface area contributed by atoms with Gasteiger partial charge in [-0.2, -0.15) is 0 Å². The molecule has 26 heavy (non-hydrogen) atoms. The molecule has 0 fully saturated rings. The van der Waals surface area contributed by atoms with E-state index >= 15 is 0 Å². The van der Waals surface area contributed by atoms with Crippen LogP contribution >= 0.6 is 12.2 Å². The summed E-state index contributed by atoms with van der Waals surface area (Å²) < 4.78 is 16.6. The monoisotopic (exact) mass is 372 g/mol. The first-order valence-corrected chi connectivity index (χ1v) is 8.70. The van der Waals surface area contributed by atoms with Crippen LogP contribution in [0.2, 0.25) is 0 Å². The Kier molecular flexibility index (Phi) is 7.76. The molecule has 2 rings (SSSR count). The number of methoxy groups -OCH3 is 1. The zero-order valence-electron chi connectivity index (χ0n) is 15.0. The fourth-order valence-electron chi connectivity index (χ4n) is 2.20. The highest BCUT2D eigenvalue weighted by Crippen LogP contribution is 2.25. The highest BCUT2D eigenvalue weighted by molar-refractivity contribution is 7.80. The number of thiocarbonyl (C=S) groups is 1. The largest absolute Gasteiger partial charge is 0.493 e. The summed E-state index contributed by atoms with van der Waals surface area (Å²) in [5.41, 5.74) is 0.849. The van der Waals surface area contributed by atoms with Gasteiger partial charge in [-0.1, -0.05) is 30.9 Å². The summed E-state index contributed by atoms with van der Waals surface area (Å²) in [6.07, 6.45) is 1.70. The first-order valence-electron chi connectivity index (χ1n) is 8.29. The molecule has 0 heterocycles. The van der Waals surface area contributed by atoms with Gasteiger partial charge in [-0.3, -0.25) is 0 Å². The van der Waals surface area contributed by atoms with Crippen molar-refractivity contribution >= 4 is 23.0 Å². The van der Waals surface area contributed by atoms with Crippen LogP contribution in [0.4, 0.5) is 5.69 Å². The molecule has 0 amide bonds. The van der Waals surface area contributed by atoms with Crippen molar-refractivity contribution in [3.63, 3.8) is 0 Å². The van der Waals surface area contributed by atoms with E-state index in [-0.39, 0.29) is 6.04 Å². The molecule has 2 aromatic rings. The molecule has 0 radical (unpaired) electrons.